The molecule has 2 heterocycles. The number of sulfonamides is 1. The zero-order chi connectivity index (χ0) is 24.7. The van der Waals surface area contributed by atoms with Crippen molar-refractivity contribution < 1.29 is 12.8 Å². The van der Waals surface area contributed by atoms with E-state index in [9.17, 15) is 13.2 Å². The summed E-state index contributed by atoms with van der Waals surface area (Å²) in [6, 6.07) is 16.1. The smallest absolute Gasteiger partial charge is 0.252 e. The highest BCUT2D eigenvalue weighted by Crippen LogP contribution is 2.26. The van der Waals surface area contributed by atoms with E-state index in [1.807, 2.05) is 38.1 Å². The summed E-state index contributed by atoms with van der Waals surface area (Å²) in [4.78, 5) is 16.0. The van der Waals surface area contributed by atoms with Gasteiger partial charge in [0.15, 0.2) is 0 Å². The molecule has 0 amide bonds. The maximum atomic E-state index is 13.7. The SMILES string of the molecule is Cc1cc2cc(CN(Cc3ccco3)S(=O)(=O)c3ccc(C(C)(C)C)cc3)c(=O)[nH]c2cc1C. The Morgan fingerprint density at radius 2 is 1.62 bits per heavy atom. The van der Waals surface area contributed by atoms with Gasteiger partial charge in [0.2, 0.25) is 10.0 Å². The topological polar surface area (TPSA) is 83.4 Å². The van der Waals surface area contributed by atoms with Crippen LogP contribution in [-0.2, 0) is 28.5 Å². The monoisotopic (exact) mass is 478 g/mol. The van der Waals surface area contributed by atoms with Gasteiger partial charge in [0.05, 0.1) is 17.7 Å². The Labute approximate surface area is 200 Å². The van der Waals surface area contributed by atoms with Crippen molar-refractivity contribution in [3.63, 3.8) is 0 Å². The largest absolute Gasteiger partial charge is 0.468 e. The van der Waals surface area contributed by atoms with Crippen molar-refractivity contribution in [1.29, 1.82) is 0 Å². The number of aryl methyl sites for hydroxylation is 2. The van der Waals surface area contributed by atoms with Crippen LogP contribution in [0.1, 0.15) is 48.8 Å². The molecule has 4 aromatic rings. The van der Waals surface area contributed by atoms with Crippen LogP contribution in [0.3, 0.4) is 0 Å². The minimum absolute atomic E-state index is 0.0146. The highest BCUT2D eigenvalue weighted by molar-refractivity contribution is 7.89. The first-order valence-electron chi connectivity index (χ1n) is 11.2. The van der Waals surface area contributed by atoms with Crippen LogP contribution in [0.5, 0.6) is 0 Å². The van der Waals surface area contributed by atoms with Crippen LogP contribution in [0.15, 0.2) is 75.0 Å². The highest BCUT2D eigenvalue weighted by Gasteiger charge is 2.27. The van der Waals surface area contributed by atoms with E-state index in [4.69, 9.17) is 4.42 Å². The third kappa shape index (κ3) is 4.86. The Bertz CT molecular complexity index is 1480. The maximum absolute atomic E-state index is 13.7. The molecule has 0 saturated heterocycles. The lowest BCUT2D eigenvalue weighted by molar-refractivity contribution is 0.357. The molecule has 2 aromatic carbocycles. The predicted octanol–water partition coefficient (Wildman–Crippen LogP) is 5.43. The number of aromatic nitrogens is 1. The molecule has 0 aliphatic rings. The van der Waals surface area contributed by atoms with E-state index in [1.54, 1.807) is 30.3 Å². The van der Waals surface area contributed by atoms with Gasteiger partial charge in [-0.15, -0.1) is 0 Å². The number of furan rings is 1. The molecule has 0 spiro atoms. The highest BCUT2D eigenvalue weighted by atomic mass is 32.2. The van der Waals surface area contributed by atoms with Crippen molar-refractivity contribution in [2.24, 2.45) is 0 Å². The lowest BCUT2D eigenvalue weighted by atomic mass is 9.87. The molecule has 0 aliphatic heterocycles. The lowest BCUT2D eigenvalue weighted by Gasteiger charge is -2.23. The molecule has 1 N–H and O–H groups in total. The van der Waals surface area contributed by atoms with Gasteiger partial charge in [0, 0.05) is 17.6 Å². The number of H-pyrrole nitrogens is 1. The van der Waals surface area contributed by atoms with Crippen LogP contribution >= 0.6 is 0 Å². The molecule has 178 valence electrons. The second-order valence-electron chi connectivity index (χ2n) is 9.77. The van der Waals surface area contributed by atoms with Crippen molar-refractivity contribution in [3.05, 3.63) is 99.2 Å². The van der Waals surface area contributed by atoms with Crippen molar-refractivity contribution in [1.82, 2.24) is 9.29 Å². The third-order valence-electron chi connectivity index (χ3n) is 6.15. The average molecular weight is 479 g/mol. The van der Waals surface area contributed by atoms with Crippen molar-refractivity contribution in [2.75, 3.05) is 0 Å². The van der Waals surface area contributed by atoms with Crippen LogP contribution in [0, 0.1) is 13.8 Å². The van der Waals surface area contributed by atoms with E-state index in [0.717, 1.165) is 27.6 Å². The zero-order valence-electron chi connectivity index (χ0n) is 20.2. The number of nitrogens with zero attached hydrogens (tertiary/aromatic N) is 1. The maximum Gasteiger partial charge on any atom is 0.252 e. The fraction of sp³-hybridized carbons (Fsp3) is 0.296. The summed E-state index contributed by atoms with van der Waals surface area (Å²) < 4.78 is 34.1. The fourth-order valence-electron chi connectivity index (χ4n) is 3.91. The zero-order valence-corrected chi connectivity index (χ0v) is 21.0. The van der Waals surface area contributed by atoms with Gasteiger partial charge in [-0.1, -0.05) is 32.9 Å². The van der Waals surface area contributed by atoms with Crippen molar-refractivity contribution in [2.45, 2.75) is 58.0 Å². The van der Waals surface area contributed by atoms with E-state index in [-0.39, 0.29) is 29.0 Å². The van der Waals surface area contributed by atoms with Crippen LogP contribution in [0.4, 0.5) is 0 Å². The van der Waals surface area contributed by atoms with Crippen molar-refractivity contribution in [3.8, 4) is 0 Å². The Kier molecular flexibility index (Phi) is 6.27. The Balaban J connectivity index is 1.75. The molecule has 0 saturated carbocycles. The lowest BCUT2D eigenvalue weighted by Crippen LogP contribution is -2.32. The molecule has 2 aromatic heterocycles. The summed E-state index contributed by atoms with van der Waals surface area (Å²) in [6.07, 6.45) is 1.51. The number of rotatable bonds is 6. The molecule has 0 aliphatic carbocycles. The standard InChI is InChI=1S/C27H30N2O4S/c1-18-13-20-15-21(26(30)28-25(20)14-19(18)2)16-29(17-23-7-6-12-33-23)34(31,32)24-10-8-22(9-11-24)27(3,4)5/h6-15H,16-17H2,1-5H3,(H,28,30). The number of pyridine rings is 1. The molecular formula is C27H30N2O4S. The minimum atomic E-state index is -3.90. The number of benzene rings is 2. The van der Waals surface area contributed by atoms with Crippen LogP contribution in [-0.4, -0.2) is 17.7 Å². The van der Waals surface area contributed by atoms with Gasteiger partial charge < -0.3 is 9.40 Å². The van der Waals surface area contributed by atoms with Gasteiger partial charge in [-0.2, -0.15) is 4.31 Å². The first kappa shape index (κ1) is 24.0. The number of aromatic amines is 1. The third-order valence-corrected chi connectivity index (χ3v) is 7.96. The molecule has 0 atom stereocenters. The van der Waals surface area contributed by atoms with Crippen molar-refractivity contribution >= 4 is 20.9 Å². The second kappa shape index (κ2) is 8.89. The van der Waals surface area contributed by atoms with Gasteiger partial charge >= 0.3 is 0 Å². The summed E-state index contributed by atoms with van der Waals surface area (Å²) in [6.45, 7) is 10.2. The summed E-state index contributed by atoms with van der Waals surface area (Å²) in [5.41, 5.74) is 3.93. The number of hydrogen-bond donors (Lipinski definition) is 1. The van der Waals surface area contributed by atoms with Gasteiger partial charge in [-0.05, 0) is 83.8 Å². The summed E-state index contributed by atoms with van der Waals surface area (Å²) in [5, 5.41) is 0.863. The Hall–Kier alpha value is -3.16. The van der Waals surface area contributed by atoms with Crippen LogP contribution in [0.2, 0.25) is 0 Å². The number of fused-ring (bicyclic) bond motifs is 1. The average Bonchev–Trinajstić information content (AvgIpc) is 3.28. The summed E-state index contributed by atoms with van der Waals surface area (Å²) >= 11 is 0. The first-order valence-corrected chi connectivity index (χ1v) is 12.7. The first-order chi connectivity index (χ1) is 15.9. The molecule has 4 rings (SSSR count). The summed E-state index contributed by atoms with van der Waals surface area (Å²) in [5.74, 6) is 0.499. The minimum Gasteiger partial charge on any atom is -0.468 e. The predicted molar refractivity (Wildman–Crippen MR) is 134 cm³/mol. The molecule has 6 nitrogen and oxygen atoms in total. The number of nitrogens with one attached hydrogen (secondary N) is 1. The normalized spacial score (nSPS) is 12.5. The van der Waals surface area contributed by atoms with E-state index >= 15 is 0 Å². The molecular weight excluding hydrogens is 448 g/mol. The summed E-state index contributed by atoms with van der Waals surface area (Å²) in [7, 11) is -3.90. The van der Waals surface area contributed by atoms with Crippen LogP contribution in [0.25, 0.3) is 10.9 Å². The molecule has 34 heavy (non-hydrogen) atoms. The van der Waals surface area contributed by atoms with E-state index < -0.39 is 10.0 Å². The molecule has 0 fully saturated rings. The van der Waals surface area contributed by atoms with E-state index in [2.05, 4.69) is 25.8 Å². The number of hydrogen-bond acceptors (Lipinski definition) is 4. The van der Waals surface area contributed by atoms with Gasteiger partial charge in [0.25, 0.3) is 5.56 Å². The van der Waals surface area contributed by atoms with Gasteiger partial charge in [-0.25, -0.2) is 8.42 Å². The Morgan fingerprint density at radius 3 is 2.24 bits per heavy atom. The molecule has 0 radical (unpaired) electrons. The molecule has 0 unspecified atom stereocenters. The van der Waals surface area contributed by atoms with Gasteiger partial charge in [-0.3, -0.25) is 4.79 Å². The van der Waals surface area contributed by atoms with Gasteiger partial charge in [0.1, 0.15) is 5.76 Å². The fourth-order valence-corrected chi connectivity index (χ4v) is 5.29. The molecule has 0 bridgehead atoms. The Morgan fingerprint density at radius 1 is 0.941 bits per heavy atom. The van der Waals surface area contributed by atoms with E-state index in [0.29, 0.717) is 11.3 Å². The van der Waals surface area contributed by atoms with E-state index in [1.165, 1.54) is 10.6 Å². The second-order valence-corrected chi connectivity index (χ2v) is 11.7. The van der Waals surface area contributed by atoms with Crippen LogP contribution < -0.4 is 5.56 Å². The quantitative estimate of drug-likeness (QED) is 0.401. The molecule has 7 heteroatoms.